The molecule has 0 aromatic rings. The summed E-state index contributed by atoms with van der Waals surface area (Å²) in [6.07, 6.45) is 0.820. The minimum atomic E-state index is -0.0791. The van der Waals surface area contributed by atoms with Gasteiger partial charge in [0, 0.05) is 39.3 Å². The average molecular weight is 242 g/mol. The molecule has 0 aromatic heterocycles. The molecule has 1 saturated heterocycles. The van der Waals surface area contributed by atoms with Gasteiger partial charge in [-0.05, 0) is 20.3 Å². The summed E-state index contributed by atoms with van der Waals surface area (Å²) in [6, 6.07) is -0.0521. The summed E-state index contributed by atoms with van der Waals surface area (Å²) in [5.41, 5.74) is 0. The smallest absolute Gasteiger partial charge is 0.317 e. The van der Waals surface area contributed by atoms with Crippen molar-refractivity contribution in [2.45, 2.75) is 26.3 Å². The van der Waals surface area contributed by atoms with Gasteiger partial charge in [-0.2, -0.15) is 0 Å². The van der Waals surface area contributed by atoms with Gasteiger partial charge in [0.15, 0.2) is 0 Å². The molecule has 1 aliphatic rings. The van der Waals surface area contributed by atoms with Crippen molar-refractivity contribution in [1.29, 1.82) is 0 Å². The maximum absolute atomic E-state index is 11.8. The van der Waals surface area contributed by atoms with Crippen molar-refractivity contribution in [3.05, 3.63) is 0 Å². The van der Waals surface area contributed by atoms with Gasteiger partial charge in [-0.1, -0.05) is 0 Å². The lowest BCUT2D eigenvalue weighted by molar-refractivity contribution is 0.196. The Kier molecular flexibility index (Phi) is 5.06. The highest BCUT2D eigenvalue weighted by Gasteiger charge is 2.27. The molecule has 1 rings (SSSR count). The van der Waals surface area contributed by atoms with Gasteiger partial charge in [-0.15, -0.1) is 0 Å². The quantitative estimate of drug-likeness (QED) is 0.754. The minimum absolute atomic E-state index is 0.0428. The first-order valence-corrected chi connectivity index (χ1v) is 6.14. The molecule has 0 bridgehead atoms. The standard InChI is InChI=1S/C11H22N4O2/c1-4-14(5-2)11(17)13-9-6-7-15(8-9)10(16)12-3/h9H,4-8H2,1-3H3,(H,12,16)(H,13,17)/t9-/m0/s1. The zero-order valence-corrected chi connectivity index (χ0v) is 10.8. The summed E-state index contributed by atoms with van der Waals surface area (Å²) in [4.78, 5) is 26.6. The fourth-order valence-electron chi connectivity index (χ4n) is 2.00. The first-order chi connectivity index (χ1) is 8.12. The molecule has 0 radical (unpaired) electrons. The van der Waals surface area contributed by atoms with Crippen LogP contribution in [0.1, 0.15) is 20.3 Å². The van der Waals surface area contributed by atoms with Crippen LogP contribution in [0.4, 0.5) is 9.59 Å². The van der Waals surface area contributed by atoms with E-state index in [9.17, 15) is 9.59 Å². The number of likely N-dealkylation sites (tertiary alicyclic amines) is 1. The summed E-state index contributed by atoms with van der Waals surface area (Å²) in [5, 5.41) is 5.54. The highest BCUT2D eigenvalue weighted by molar-refractivity contribution is 5.76. The van der Waals surface area contributed by atoms with Gasteiger partial charge in [-0.25, -0.2) is 9.59 Å². The molecular weight excluding hydrogens is 220 g/mol. The van der Waals surface area contributed by atoms with Crippen LogP contribution in [0.25, 0.3) is 0 Å². The van der Waals surface area contributed by atoms with Gasteiger partial charge in [0.2, 0.25) is 0 Å². The molecule has 0 aliphatic carbocycles. The average Bonchev–Trinajstić information content (AvgIpc) is 2.78. The summed E-state index contributed by atoms with van der Waals surface area (Å²) in [6.45, 7) is 6.60. The van der Waals surface area contributed by atoms with E-state index >= 15 is 0 Å². The predicted octanol–water partition coefficient (Wildman–Crippen LogP) is 0.452. The van der Waals surface area contributed by atoms with E-state index in [2.05, 4.69) is 10.6 Å². The number of carbonyl (C=O) groups is 2. The van der Waals surface area contributed by atoms with Crippen molar-refractivity contribution >= 4 is 12.1 Å². The first-order valence-electron chi connectivity index (χ1n) is 6.14. The molecule has 4 amide bonds. The molecule has 1 atom stereocenters. The van der Waals surface area contributed by atoms with E-state index in [1.165, 1.54) is 0 Å². The summed E-state index contributed by atoms with van der Waals surface area (Å²) in [7, 11) is 1.62. The third-order valence-electron chi connectivity index (χ3n) is 3.07. The van der Waals surface area contributed by atoms with Crippen molar-refractivity contribution < 1.29 is 9.59 Å². The van der Waals surface area contributed by atoms with Crippen molar-refractivity contribution in [2.24, 2.45) is 0 Å². The molecule has 0 aromatic carbocycles. The topological polar surface area (TPSA) is 64.7 Å². The van der Waals surface area contributed by atoms with E-state index in [1.807, 2.05) is 13.8 Å². The Balaban J connectivity index is 2.39. The Hall–Kier alpha value is -1.46. The van der Waals surface area contributed by atoms with Crippen LogP contribution in [0.2, 0.25) is 0 Å². The van der Waals surface area contributed by atoms with E-state index in [-0.39, 0.29) is 18.1 Å². The van der Waals surface area contributed by atoms with Crippen molar-refractivity contribution in [3.63, 3.8) is 0 Å². The van der Waals surface area contributed by atoms with Crippen LogP contribution in [-0.4, -0.2) is 61.1 Å². The van der Waals surface area contributed by atoms with E-state index < -0.39 is 0 Å². The number of rotatable bonds is 3. The van der Waals surface area contributed by atoms with Gasteiger partial charge in [0.1, 0.15) is 0 Å². The van der Waals surface area contributed by atoms with Crippen molar-refractivity contribution in [2.75, 3.05) is 33.2 Å². The highest BCUT2D eigenvalue weighted by Crippen LogP contribution is 2.09. The molecule has 2 N–H and O–H groups in total. The number of hydrogen-bond acceptors (Lipinski definition) is 2. The van der Waals surface area contributed by atoms with Gasteiger partial charge in [0.25, 0.3) is 0 Å². The third-order valence-corrected chi connectivity index (χ3v) is 3.07. The van der Waals surface area contributed by atoms with Crippen LogP contribution >= 0.6 is 0 Å². The Morgan fingerprint density at radius 2 is 2.00 bits per heavy atom. The first kappa shape index (κ1) is 13.6. The Morgan fingerprint density at radius 3 is 2.53 bits per heavy atom. The molecule has 6 nitrogen and oxygen atoms in total. The predicted molar refractivity (Wildman–Crippen MR) is 65.9 cm³/mol. The largest absolute Gasteiger partial charge is 0.341 e. The fraction of sp³-hybridized carbons (Fsp3) is 0.818. The normalized spacial score (nSPS) is 19.0. The number of carbonyl (C=O) groups excluding carboxylic acids is 2. The van der Waals surface area contributed by atoms with E-state index in [4.69, 9.17) is 0 Å². The van der Waals surface area contributed by atoms with Crippen LogP contribution in [-0.2, 0) is 0 Å². The van der Waals surface area contributed by atoms with Crippen LogP contribution < -0.4 is 10.6 Å². The lowest BCUT2D eigenvalue weighted by Crippen LogP contribution is -2.46. The SMILES string of the molecule is CCN(CC)C(=O)N[C@H]1CCN(C(=O)NC)C1. The molecule has 1 heterocycles. The van der Waals surface area contributed by atoms with Crippen LogP contribution in [0.3, 0.4) is 0 Å². The van der Waals surface area contributed by atoms with Crippen LogP contribution in [0.5, 0.6) is 0 Å². The zero-order valence-electron chi connectivity index (χ0n) is 10.8. The monoisotopic (exact) mass is 242 g/mol. The molecule has 1 aliphatic heterocycles. The van der Waals surface area contributed by atoms with Crippen molar-refractivity contribution in [1.82, 2.24) is 20.4 Å². The fourth-order valence-corrected chi connectivity index (χ4v) is 2.00. The highest BCUT2D eigenvalue weighted by atomic mass is 16.2. The van der Waals surface area contributed by atoms with Crippen LogP contribution in [0, 0.1) is 0 Å². The third kappa shape index (κ3) is 3.51. The Labute approximate surface area is 102 Å². The van der Waals surface area contributed by atoms with Gasteiger partial charge in [-0.3, -0.25) is 0 Å². The number of nitrogens with one attached hydrogen (secondary N) is 2. The molecule has 98 valence electrons. The minimum Gasteiger partial charge on any atom is -0.341 e. The second-order valence-electron chi connectivity index (χ2n) is 4.11. The molecule has 6 heteroatoms. The maximum atomic E-state index is 11.8. The number of urea groups is 2. The zero-order chi connectivity index (χ0) is 12.8. The number of nitrogens with zero attached hydrogens (tertiary/aromatic N) is 2. The van der Waals surface area contributed by atoms with Gasteiger partial charge < -0.3 is 20.4 Å². The number of amides is 4. The lowest BCUT2D eigenvalue weighted by atomic mass is 10.3. The Bertz CT molecular complexity index is 279. The summed E-state index contributed by atoms with van der Waals surface area (Å²) < 4.78 is 0. The molecule has 0 unspecified atom stereocenters. The Morgan fingerprint density at radius 1 is 1.35 bits per heavy atom. The molecular formula is C11H22N4O2. The summed E-state index contributed by atoms with van der Waals surface area (Å²) in [5.74, 6) is 0. The van der Waals surface area contributed by atoms with Crippen molar-refractivity contribution in [3.8, 4) is 0 Å². The molecule has 0 saturated carbocycles. The number of hydrogen-bond donors (Lipinski definition) is 2. The van der Waals surface area contributed by atoms with E-state index in [1.54, 1.807) is 16.8 Å². The van der Waals surface area contributed by atoms with E-state index in [0.29, 0.717) is 26.2 Å². The molecule has 1 fully saturated rings. The van der Waals surface area contributed by atoms with E-state index in [0.717, 1.165) is 6.42 Å². The second kappa shape index (κ2) is 6.32. The van der Waals surface area contributed by atoms with Gasteiger partial charge in [0.05, 0.1) is 0 Å². The van der Waals surface area contributed by atoms with Crippen LogP contribution in [0.15, 0.2) is 0 Å². The summed E-state index contributed by atoms with van der Waals surface area (Å²) >= 11 is 0. The maximum Gasteiger partial charge on any atom is 0.317 e. The lowest BCUT2D eigenvalue weighted by Gasteiger charge is -2.22. The van der Waals surface area contributed by atoms with Gasteiger partial charge >= 0.3 is 12.1 Å². The molecule has 17 heavy (non-hydrogen) atoms. The molecule has 0 spiro atoms. The second-order valence-corrected chi connectivity index (χ2v) is 4.11.